The van der Waals surface area contributed by atoms with E-state index in [2.05, 4.69) is 9.71 Å². The molecule has 1 aliphatic carbocycles. The molecular weight excluding hydrogens is 518 g/mol. The molecule has 2 aliphatic rings. The first kappa shape index (κ1) is 25.0. The number of halogens is 1. The van der Waals surface area contributed by atoms with Crippen LogP contribution in [0.2, 0.25) is 4.34 Å². The Bertz CT molecular complexity index is 1190. The highest BCUT2D eigenvalue weighted by atomic mass is 35.5. The number of benzene rings is 1. The van der Waals surface area contributed by atoms with E-state index in [1.807, 2.05) is 0 Å². The van der Waals surface area contributed by atoms with Gasteiger partial charge in [-0.2, -0.15) is 8.42 Å². The van der Waals surface area contributed by atoms with Gasteiger partial charge in [0, 0.05) is 18.2 Å². The van der Waals surface area contributed by atoms with Gasteiger partial charge >= 0.3 is 0 Å². The van der Waals surface area contributed by atoms with E-state index in [9.17, 15) is 18.0 Å². The van der Waals surface area contributed by atoms with Gasteiger partial charge in [0.05, 0.1) is 11.4 Å². The summed E-state index contributed by atoms with van der Waals surface area (Å²) in [5.74, 6) is 0.0467. The molecular formula is C22H24ClN3O5S3. The molecule has 0 spiro atoms. The summed E-state index contributed by atoms with van der Waals surface area (Å²) in [5, 5.41) is 2.16. The number of carbonyl (C=O) groups excluding carboxylic acids is 2. The molecule has 12 heteroatoms. The second-order valence-corrected chi connectivity index (χ2v) is 12.7. The van der Waals surface area contributed by atoms with Gasteiger partial charge < -0.3 is 10.1 Å². The summed E-state index contributed by atoms with van der Waals surface area (Å²) in [7, 11) is -2.47. The smallest absolute Gasteiger partial charge is 0.294 e. The molecule has 1 aromatic carbocycles. The van der Waals surface area contributed by atoms with Gasteiger partial charge in [0.15, 0.2) is 5.17 Å². The zero-order valence-corrected chi connectivity index (χ0v) is 21.6. The first-order valence-electron chi connectivity index (χ1n) is 10.8. The van der Waals surface area contributed by atoms with Crippen LogP contribution in [0.5, 0.6) is 5.75 Å². The summed E-state index contributed by atoms with van der Waals surface area (Å²) < 4.78 is 35.3. The number of carbonyl (C=O) groups is 2. The van der Waals surface area contributed by atoms with Crippen LogP contribution in [0, 0.1) is 0 Å². The molecule has 34 heavy (non-hydrogen) atoms. The zero-order chi connectivity index (χ0) is 24.3. The van der Waals surface area contributed by atoms with Crippen LogP contribution in [-0.4, -0.2) is 48.7 Å². The van der Waals surface area contributed by atoms with Crippen molar-refractivity contribution >= 4 is 67.4 Å². The van der Waals surface area contributed by atoms with Crippen LogP contribution in [0.3, 0.4) is 0 Å². The monoisotopic (exact) mass is 541 g/mol. The lowest BCUT2D eigenvalue weighted by Crippen LogP contribution is -2.42. The van der Waals surface area contributed by atoms with E-state index >= 15 is 0 Å². The number of methoxy groups -OCH3 is 1. The molecule has 0 bridgehead atoms. The van der Waals surface area contributed by atoms with Gasteiger partial charge in [-0.3, -0.25) is 14.5 Å². The van der Waals surface area contributed by atoms with Crippen LogP contribution >= 0.6 is 34.7 Å². The number of thiophene rings is 1. The van der Waals surface area contributed by atoms with Gasteiger partial charge in [-0.25, -0.2) is 0 Å². The predicted octanol–water partition coefficient (Wildman–Crippen LogP) is 4.76. The van der Waals surface area contributed by atoms with E-state index in [1.165, 1.54) is 17.0 Å². The van der Waals surface area contributed by atoms with Crippen molar-refractivity contribution in [2.24, 2.45) is 4.40 Å². The van der Waals surface area contributed by atoms with E-state index in [0.717, 1.165) is 55.2 Å². The van der Waals surface area contributed by atoms with E-state index < -0.39 is 15.3 Å². The number of thioether (sulfide) groups is 1. The molecule has 2 aromatic rings. The number of hydrogen-bond donors (Lipinski definition) is 1. The Hall–Kier alpha value is -2.08. The Morgan fingerprint density at radius 1 is 1.18 bits per heavy atom. The third-order valence-electron chi connectivity index (χ3n) is 5.65. The lowest BCUT2D eigenvalue weighted by molar-refractivity contribution is -0.130. The fraction of sp³-hybridized carbons (Fsp3) is 0.409. The van der Waals surface area contributed by atoms with E-state index in [1.54, 1.807) is 31.4 Å². The molecule has 1 atom stereocenters. The van der Waals surface area contributed by atoms with Crippen molar-refractivity contribution in [2.45, 2.75) is 54.0 Å². The number of anilines is 1. The fourth-order valence-electron chi connectivity index (χ4n) is 3.99. The maximum Gasteiger partial charge on any atom is 0.294 e. The third-order valence-corrected chi connectivity index (χ3v) is 9.88. The van der Waals surface area contributed by atoms with Gasteiger partial charge in [-0.15, -0.1) is 15.7 Å². The number of ether oxygens (including phenoxy) is 1. The van der Waals surface area contributed by atoms with Crippen molar-refractivity contribution in [1.82, 2.24) is 4.90 Å². The molecule has 0 radical (unpaired) electrons. The number of rotatable bonds is 7. The molecule has 1 N–H and O–H groups in total. The van der Waals surface area contributed by atoms with Crippen LogP contribution in [0.25, 0.3) is 0 Å². The lowest BCUT2D eigenvalue weighted by atomic mass is 9.94. The molecule has 2 amide bonds. The molecule has 2 heterocycles. The molecule has 0 unspecified atom stereocenters. The molecule has 2 fully saturated rings. The van der Waals surface area contributed by atoms with Crippen LogP contribution in [0.15, 0.2) is 45.0 Å². The molecule has 1 aliphatic heterocycles. The van der Waals surface area contributed by atoms with Crippen LogP contribution in [0.4, 0.5) is 5.69 Å². The maximum absolute atomic E-state index is 13.3. The minimum absolute atomic E-state index is 0.0161. The highest BCUT2D eigenvalue weighted by Crippen LogP contribution is 2.37. The second-order valence-electron chi connectivity index (χ2n) is 7.99. The number of nitrogens with one attached hydrogen (secondary N) is 1. The van der Waals surface area contributed by atoms with Crippen LogP contribution in [0.1, 0.15) is 38.5 Å². The molecule has 1 aromatic heterocycles. The maximum atomic E-state index is 13.3. The van der Waals surface area contributed by atoms with Crippen LogP contribution < -0.4 is 10.1 Å². The minimum atomic E-state index is -4.03. The topological polar surface area (TPSA) is 105 Å². The second kappa shape index (κ2) is 10.7. The summed E-state index contributed by atoms with van der Waals surface area (Å²) in [6.07, 6.45) is 4.47. The number of amidine groups is 1. The Kier molecular flexibility index (Phi) is 7.86. The van der Waals surface area contributed by atoms with Gasteiger partial charge in [-0.1, -0.05) is 42.6 Å². The standard InChI is InChI=1S/C22H24ClN3O5S3/c1-31-16-9-7-14(8-10-16)24-19(27)13-17-21(28)26(15-5-3-2-4-6-15)22(32-17)25-34(29,30)20-12-11-18(23)33-20/h7-12,15,17H,2-6,13H2,1H3,(H,24,27)/t17-/m0/s1. The first-order valence-corrected chi connectivity index (χ1v) is 14.3. The Morgan fingerprint density at radius 3 is 2.50 bits per heavy atom. The van der Waals surface area contributed by atoms with Gasteiger partial charge in [0.25, 0.3) is 10.0 Å². The SMILES string of the molecule is COc1ccc(NC(=O)C[C@@H]2SC(=NS(=O)(=O)c3ccc(Cl)s3)N(C3CCCCC3)C2=O)cc1. The van der Waals surface area contributed by atoms with Crippen molar-refractivity contribution in [3.05, 3.63) is 40.7 Å². The first-order chi connectivity index (χ1) is 16.3. The van der Waals surface area contributed by atoms with Gasteiger partial charge in [0.2, 0.25) is 11.8 Å². The van der Waals surface area contributed by atoms with E-state index in [-0.39, 0.29) is 33.7 Å². The summed E-state index contributed by atoms with van der Waals surface area (Å²) in [5.41, 5.74) is 0.580. The van der Waals surface area contributed by atoms with Crippen molar-refractivity contribution in [3.8, 4) is 5.75 Å². The highest BCUT2D eigenvalue weighted by Gasteiger charge is 2.43. The summed E-state index contributed by atoms with van der Waals surface area (Å²) in [4.78, 5) is 27.5. The predicted molar refractivity (Wildman–Crippen MR) is 135 cm³/mol. The summed E-state index contributed by atoms with van der Waals surface area (Å²) >= 11 is 7.85. The third kappa shape index (κ3) is 5.76. The highest BCUT2D eigenvalue weighted by molar-refractivity contribution is 8.16. The Labute approximate surface area is 211 Å². The molecule has 1 saturated carbocycles. The molecule has 182 valence electrons. The van der Waals surface area contributed by atoms with E-state index in [4.69, 9.17) is 16.3 Å². The Morgan fingerprint density at radius 2 is 1.88 bits per heavy atom. The van der Waals surface area contributed by atoms with Crippen LogP contribution in [-0.2, 0) is 19.6 Å². The number of hydrogen-bond acceptors (Lipinski definition) is 7. The van der Waals surface area contributed by atoms with Crippen molar-refractivity contribution in [1.29, 1.82) is 0 Å². The summed E-state index contributed by atoms with van der Waals surface area (Å²) in [6.45, 7) is 0. The normalized spacial score (nSPS) is 20.6. The molecule has 4 rings (SSSR count). The van der Waals surface area contributed by atoms with Crippen molar-refractivity contribution in [2.75, 3.05) is 12.4 Å². The van der Waals surface area contributed by atoms with E-state index in [0.29, 0.717) is 15.8 Å². The van der Waals surface area contributed by atoms with Gasteiger partial charge in [0.1, 0.15) is 15.2 Å². The average molecular weight is 542 g/mol. The van der Waals surface area contributed by atoms with Gasteiger partial charge in [-0.05, 0) is 49.2 Å². The minimum Gasteiger partial charge on any atom is -0.497 e. The zero-order valence-electron chi connectivity index (χ0n) is 18.4. The summed E-state index contributed by atoms with van der Waals surface area (Å²) in [6, 6.07) is 9.64. The molecule has 1 saturated heterocycles. The quantitative estimate of drug-likeness (QED) is 0.542. The number of amides is 2. The molecule has 8 nitrogen and oxygen atoms in total. The van der Waals surface area contributed by atoms with Crippen molar-refractivity contribution < 1.29 is 22.7 Å². The number of nitrogens with zero attached hydrogens (tertiary/aromatic N) is 2. The fourth-order valence-corrected chi connectivity index (χ4v) is 7.86. The number of sulfonamides is 1. The Balaban J connectivity index is 1.54. The average Bonchev–Trinajstić information content (AvgIpc) is 3.38. The largest absolute Gasteiger partial charge is 0.497 e. The lowest BCUT2D eigenvalue weighted by Gasteiger charge is -2.30. The van der Waals surface area contributed by atoms with Crippen molar-refractivity contribution in [3.63, 3.8) is 0 Å².